The molecule has 1 fully saturated rings. The van der Waals surface area contributed by atoms with E-state index >= 15 is 0 Å². The van der Waals surface area contributed by atoms with Gasteiger partial charge >= 0.3 is 0 Å². The quantitative estimate of drug-likeness (QED) is 0.841. The van der Waals surface area contributed by atoms with Gasteiger partial charge in [0.1, 0.15) is 0 Å². The van der Waals surface area contributed by atoms with Crippen LogP contribution in [0.2, 0.25) is 0 Å². The van der Waals surface area contributed by atoms with E-state index in [9.17, 15) is 13.2 Å². The second-order valence-electron chi connectivity index (χ2n) is 4.87. The molecule has 106 valence electrons. The van der Waals surface area contributed by atoms with Crippen LogP contribution in [0.25, 0.3) is 0 Å². The van der Waals surface area contributed by atoms with Gasteiger partial charge in [-0.3, -0.25) is 0 Å². The fourth-order valence-corrected chi connectivity index (χ4v) is 2.39. The highest BCUT2D eigenvalue weighted by molar-refractivity contribution is 5.46. The van der Waals surface area contributed by atoms with Gasteiger partial charge in [0.15, 0.2) is 17.5 Å². The summed E-state index contributed by atoms with van der Waals surface area (Å²) in [5.41, 5.74) is 0.0149. The summed E-state index contributed by atoms with van der Waals surface area (Å²) >= 11 is 0. The number of rotatable bonds is 4. The van der Waals surface area contributed by atoms with Crippen LogP contribution in [0.1, 0.15) is 32.6 Å². The van der Waals surface area contributed by atoms with Crippen LogP contribution in [0.5, 0.6) is 0 Å². The van der Waals surface area contributed by atoms with Crippen molar-refractivity contribution in [3.05, 3.63) is 29.6 Å². The Morgan fingerprint density at radius 3 is 2.79 bits per heavy atom. The molecule has 5 heteroatoms. The lowest BCUT2D eigenvalue weighted by atomic mass is 10.00. The van der Waals surface area contributed by atoms with Gasteiger partial charge in [-0.1, -0.05) is 13.3 Å². The highest BCUT2D eigenvalue weighted by Crippen LogP contribution is 2.25. The van der Waals surface area contributed by atoms with Crippen molar-refractivity contribution in [3.8, 4) is 0 Å². The van der Waals surface area contributed by atoms with Gasteiger partial charge < -0.3 is 10.1 Å². The summed E-state index contributed by atoms with van der Waals surface area (Å²) in [6, 6.07) is 2.20. The molecule has 0 aliphatic carbocycles. The monoisotopic (exact) mass is 273 g/mol. The molecule has 1 aliphatic heterocycles. The smallest absolute Gasteiger partial charge is 0.196 e. The summed E-state index contributed by atoms with van der Waals surface area (Å²) in [5, 5.41) is 2.94. The van der Waals surface area contributed by atoms with Crippen molar-refractivity contribution in [1.82, 2.24) is 0 Å². The lowest BCUT2D eigenvalue weighted by Gasteiger charge is -2.30. The van der Waals surface area contributed by atoms with Gasteiger partial charge in [-0.05, 0) is 31.4 Å². The molecule has 0 amide bonds. The molecule has 1 aliphatic rings. The molecule has 0 bridgehead atoms. The van der Waals surface area contributed by atoms with E-state index in [2.05, 4.69) is 12.2 Å². The Labute approximate surface area is 111 Å². The molecule has 1 aromatic rings. The average Bonchev–Trinajstić information content (AvgIpc) is 2.40. The number of hydrogen-bond donors (Lipinski definition) is 1. The van der Waals surface area contributed by atoms with Gasteiger partial charge in [-0.15, -0.1) is 0 Å². The third-order valence-electron chi connectivity index (χ3n) is 3.37. The minimum absolute atomic E-state index is 0.0149. The average molecular weight is 273 g/mol. The van der Waals surface area contributed by atoms with Gasteiger partial charge in [-0.2, -0.15) is 0 Å². The number of anilines is 1. The van der Waals surface area contributed by atoms with Crippen molar-refractivity contribution >= 4 is 5.69 Å². The normalized spacial score (nSPS) is 23.4. The summed E-state index contributed by atoms with van der Waals surface area (Å²) in [4.78, 5) is 0. The molecular weight excluding hydrogens is 255 g/mol. The maximum Gasteiger partial charge on any atom is 0.196 e. The van der Waals surface area contributed by atoms with Gasteiger partial charge in [0.25, 0.3) is 0 Å². The molecule has 2 atom stereocenters. The van der Waals surface area contributed by atoms with Crippen LogP contribution < -0.4 is 5.32 Å². The first-order valence-electron chi connectivity index (χ1n) is 6.63. The minimum atomic E-state index is -1.43. The Bertz CT molecular complexity index is 437. The van der Waals surface area contributed by atoms with Gasteiger partial charge in [0.05, 0.1) is 11.8 Å². The van der Waals surface area contributed by atoms with Crippen LogP contribution in [-0.2, 0) is 4.74 Å². The van der Waals surface area contributed by atoms with Crippen LogP contribution in [-0.4, -0.2) is 18.8 Å². The second kappa shape index (κ2) is 6.28. The van der Waals surface area contributed by atoms with Crippen LogP contribution >= 0.6 is 0 Å². The van der Waals surface area contributed by atoms with E-state index < -0.39 is 17.5 Å². The largest absolute Gasteiger partial charge is 0.380 e. The zero-order chi connectivity index (χ0) is 13.8. The highest BCUT2D eigenvalue weighted by Gasteiger charge is 2.23. The molecule has 1 heterocycles. The highest BCUT2D eigenvalue weighted by atomic mass is 19.2. The fourth-order valence-electron chi connectivity index (χ4n) is 2.39. The van der Waals surface area contributed by atoms with Gasteiger partial charge in [-0.25, -0.2) is 13.2 Å². The SMILES string of the molecule is CCCC1CC(Nc2ccc(F)c(F)c2F)CCO1. The molecule has 0 radical (unpaired) electrons. The lowest BCUT2D eigenvalue weighted by Crippen LogP contribution is -2.34. The Kier molecular flexibility index (Phi) is 4.69. The third kappa shape index (κ3) is 3.41. The van der Waals surface area contributed by atoms with Crippen molar-refractivity contribution in [3.63, 3.8) is 0 Å². The molecule has 0 spiro atoms. The Hall–Kier alpha value is -1.23. The molecule has 2 nitrogen and oxygen atoms in total. The molecule has 1 aromatic carbocycles. The van der Waals surface area contributed by atoms with Crippen molar-refractivity contribution < 1.29 is 17.9 Å². The molecule has 2 unspecified atom stereocenters. The Morgan fingerprint density at radius 2 is 2.05 bits per heavy atom. The molecular formula is C14H18F3NO. The Morgan fingerprint density at radius 1 is 1.26 bits per heavy atom. The fraction of sp³-hybridized carbons (Fsp3) is 0.571. The topological polar surface area (TPSA) is 21.3 Å². The van der Waals surface area contributed by atoms with E-state index in [0.717, 1.165) is 31.7 Å². The van der Waals surface area contributed by atoms with Crippen LogP contribution in [0.15, 0.2) is 12.1 Å². The Balaban J connectivity index is 2.03. The first kappa shape index (κ1) is 14.2. The number of nitrogens with one attached hydrogen (secondary N) is 1. The van der Waals surface area contributed by atoms with E-state index in [1.165, 1.54) is 6.07 Å². The van der Waals surface area contributed by atoms with E-state index in [1.807, 2.05) is 0 Å². The maximum atomic E-state index is 13.6. The number of halogens is 3. The predicted octanol–water partition coefficient (Wildman–Crippen LogP) is 3.86. The standard InChI is InChI=1S/C14H18F3NO/c1-2-3-10-8-9(6-7-19-10)18-12-5-4-11(15)13(16)14(12)17/h4-5,9-10,18H,2-3,6-8H2,1H3. The third-order valence-corrected chi connectivity index (χ3v) is 3.37. The summed E-state index contributed by atoms with van der Waals surface area (Å²) in [6.45, 7) is 2.68. The van der Waals surface area contributed by atoms with E-state index in [1.54, 1.807) is 0 Å². The summed E-state index contributed by atoms with van der Waals surface area (Å²) in [5.74, 6) is -3.75. The summed E-state index contributed by atoms with van der Waals surface area (Å²) in [6.07, 6.45) is 3.63. The van der Waals surface area contributed by atoms with E-state index in [-0.39, 0.29) is 17.8 Å². The van der Waals surface area contributed by atoms with Gasteiger partial charge in [0, 0.05) is 12.6 Å². The van der Waals surface area contributed by atoms with E-state index in [0.29, 0.717) is 6.61 Å². The van der Waals surface area contributed by atoms with E-state index in [4.69, 9.17) is 4.74 Å². The molecule has 0 saturated carbocycles. The van der Waals surface area contributed by atoms with Gasteiger partial charge in [0.2, 0.25) is 0 Å². The maximum absolute atomic E-state index is 13.6. The molecule has 19 heavy (non-hydrogen) atoms. The molecule has 0 aromatic heterocycles. The number of ether oxygens (including phenoxy) is 1. The number of hydrogen-bond acceptors (Lipinski definition) is 2. The zero-order valence-corrected chi connectivity index (χ0v) is 10.9. The van der Waals surface area contributed by atoms with Crippen molar-refractivity contribution in [2.75, 3.05) is 11.9 Å². The summed E-state index contributed by atoms with van der Waals surface area (Å²) in [7, 11) is 0. The van der Waals surface area contributed by atoms with Crippen LogP contribution in [0.4, 0.5) is 18.9 Å². The second-order valence-corrected chi connectivity index (χ2v) is 4.87. The minimum Gasteiger partial charge on any atom is -0.380 e. The predicted molar refractivity (Wildman–Crippen MR) is 67.6 cm³/mol. The molecule has 1 saturated heterocycles. The molecule has 2 rings (SSSR count). The summed E-state index contributed by atoms with van der Waals surface area (Å²) < 4.78 is 45.1. The first-order valence-corrected chi connectivity index (χ1v) is 6.63. The lowest BCUT2D eigenvalue weighted by molar-refractivity contribution is 0.00592. The zero-order valence-electron chi connectivity index (χ0n) is 10.9. The van der Waals surface area contributed by atoms with Crippen molar-refractivity contribution in [2.45, 2.75) is 44.8 Å². The van der Waals surface area contributed by atoms with Crippen molar-refractivity contribution in [2.24, 2.45) is 0 Å². The van der Waals surface area contributed by atoms with Crippen LogP contribution in [0.3, 0.4) is 0 Å². The van der Waals surface area contributed by atoms with Crippen LogP contribution in [0, 0.1) is 17.5 Å². The first-order chi connectivity index (χ1) is 9.11. The molecule has 1 N–H and O–H groups in total. The van der Waals surface area contributed by atoms with Crippen molar-refractivity contribution in [1.29, 1.82) is 0 Å². The number of benzene rings is 1.